The lowest BCUT2D eigenvalue weighted by Gasteiger charge is -2.36. The molecule has 0 fully saturated rings. The number of nitrogens with one attached hydrogen (secondary N) is 1. The minimum Gasteiger partial charge on any atom is -0.305 e. The zero-order valence-electron chi connectivity index (χ0n) is 21.1. The smallest absolute Gasteiger partial charge is 0.0991 e. The summed E-state index contributed by atoms with van der Waals surface area (Å²) >= 11 is 2.32. The molecule has 0 saturated carbocycles. The SMILES string of the molecule is C[C@H](NC(c1cccc(-n2ccnn2)c1)C(C)(C)C#N)[C@@H](Cc1ccc(I)cc1)c1cccc(C#N)c1. The number of nitrogens with zero attached hydrogens (tertiary/aromatic N) is 5. The van der Waals surface area contributed by atoms with E-state index in [0.29, 0.717) is 5.56 Å². The van der Waals surface area contributed by atoms with Gasteiger partial charge in [0.05, 0.1) is 47.2 Å². The summed E-state index contributed by atoms with van der Waals surface area (Å²) in [6.07, 6.45) is 4.26. The van der Waals surface area contributed by atoms with Gasteiger partial charge in [-0.15, -0.1) is 5.10 Å². The third-order valence-corrected chi connectivity index (χ3v) is 7.47. The fraction of sp³-hybridized carbons (Fsp3) is 0.267. The Morgan fingerprint density at radius 2 is 1.73 bits per heavy atom. The van der Waals surface area contributed by atoms with E-state index >= 15 is 0 Å². The lowest BCUT2D eigenvalue weighted by Crippen LogP contribution is -2.42. The third kappa shape index (κ3) is 6.43. The molecule has 0 spiro atoms. The van der Waals surface area contributed by atoms with Crippen LogP contribution in [0.3, 0.4) is 0 Å². The van der Waals surface area contributed by atoms with Crippen LogP contribution in [0.1, 0.15) is 55.0 Å². The number of hydrogen-bond donors (Lipinski definition) is 1. The molecule has 0 aliphatic heterocycles. The first-order chi connectivity index (χ1) is 17.8. The molecular weight excluding hydrogens is 571 g/mol. The fourth-order valence-corrected chi connectivity index (χ4v) is 5.01. The Balaban J connectivity index is 1.71. The van der Waals surface area contributed by atoms with Gasteiger partial charge in [-0.05, 0) is 103 Å². The summed E-state index contributed by atoms with van der Waals surface area (Å²) in [5.41, 5.74) is 4.18. The molecule has 186 valence electrons. The molecule has 0 amide bonds. The topological polar surface area (TPSA) is 90.3 Å². The normalized spacial score (nSPS) is 13.8. The van der Waals surface area contributed by atoms with Crippen LogP contribution < -0.4 is 5.32 Å². The molecule has 3 aromatic carbocycles. The van der Waals surface area contributed by atoms with Crippen LogP contribution in [-0.2, 0) is 6.42 Å². The van der Waals surface area contributed by atoms with Gasteiger partial charge in [-0.1, -0.05) is 41.6 Å². The highest BCUT2D eigenvalue weighted by molar-refractivity contribution is 14.1. The van der Waals surface area contributed by atoms with Crippen molar-refractivity contribution >= 4 is 22.6 Å². The van der Waals surface area contributed by atoms with Crippen molar-refractivity contribution < 1.29 is 0 Å². The van der Waals surface area contributed by atoms with Crippen molar-refractivity contribution in [3.8, 4) is 17.8 Å². The molecule has 1 N–H and O–H groups in total. The molecule has 37 heavy (non-hydrogen) atoms. The number of nitriles is 2. The van der Waals surface area contributed by atoms with Gasteiger partial charge in [-0.2, -0.15) is 10.5 Å². The molecule has 4 aromatic rings. The second kappa shape index (κ2) is 11.7. The summed E-state index contributed by atoms with van der Waals surface area (Å²) in [5, 5.41) is 31.5. The van der Waals surface area contributed by atoms with Crippen molar-refractivity contribution in [1.82, 2.24) is 20.3 Å². The van der Waals surface area contributed by atoms with Crippen LogP contribution in [0, 0.1) is 31.6 Å². The van der Waals surface area contributed by atoms with Crippen LogP contribution in [0.5, 0.6) is 0 Å². The van der Waals surface area contributed by atoms with Crippen LogP contribution in [0.15, 0.2) is 85.2 Å². The van der Waals surface area contributed by atoms with Gasteiger partial charge >= 0.3 is 0 Å². The number of benzene rings is 3. The van der Waals surface area contributed by atoms with E-state index in [1.54, 1.807) is 17.1 Å². The molecule has 0 radical (unpaired) electrons. The highest BCUT2D eigenvalue weighted by atomic mass is 127. The summed E-state index contributed by atoms with van der Waals surface area (Å²) in [6, 6.07) is 29.0. The highest BCUT2D eigenvalue weighted by Crippen LogP contribution is 2.36. The summed E-state index contributed by atoms with van der Waals surface area (Å²) in [6.45, 7) is 6.09. The average molecular weight is 601 g/mol. The van der Waals surface area contributed by atoms with Gasteiger partial charge in [0.1, 0.15) is 0 Å². The van der Waals surface area contributed by atoms with Crippen LogP contribution >= 0.6 is 22.6 Å². The first kappa shape index (κ1) is 26.5. The van der Waals surface area contributed by atoms with E-state index in [9.17, 15) is 10.5 Å². The van der Waals surface area contributed by atoms with Gasteiger partial charge in [0.2, 0.25) is 0 Å². The van der Waals surface area contributed by atoms with Crippen molar-refractivity contribution in [3.05, 3.63) is 111 Å². The predicted octanol–water partition coefficient (Wildman–Crippen LogP) is 6.34. The predicted molar refractivity (Wildman–Crippen MR) is 153 cm³/mol. The van der Waals surface area contributed by atoms with Crippen molar-refractivity contribution in [2.24, 2.45) is 5.41 Å². The Morgan fingerprint density at radius 3 is 2.41 bits per heavy atom. The molecule has 0 aliphatic carbocycles. The van der Waals surface area contributed by atoms with Gasteiger partial charge in [-0.25, -0.2) is 4.68 Å². The molecule has 6 nitrogen and oxygen atoms in total. The number of hydrogen-bond acceptors (Lipinski definition) is 5. The third-order valence-electron chi connectivity index (χ3n) is 6.75. The minimum atomic E-state index is -0.683. The first-order valence-corrected chi connectivity index (χ1v) is 13.3. The van der Waals surface area contributed by atoms with E-state index in [4.69, 9.17) is 0 Å². The van der Waals surface area contributed by atoms with Crippen molar-refractivity contribution in [3.63, 3.8) is 0 Å². The van der Waals surface area contributed by atoms with Gasteiger partial charge in [0.15, 0.2) is 0 Å². The Morgan fingerprint density at radius 1 is 1.00 bits per heavy atom. The standard InChI is InChI=1S/C30H29IN6/c1-21(28(17-22-10-12-26(31)13-11-22)24-7-4-6-23(16-24)19-32)35-29(30(2,3)20-33)25-8-5-9-27(18-25)37-15-14-34-36-37/h4-16,18,21,28-29,35H,17H2,1-3H3/t21-,28+,29?/m0/s1. The fourth-order valence-electron chi connectivity index (χ4n) is 4.65. The Kier molecular flexibility index (Phi) is 8.38. The Labute approximate surface area is 232 Å². The lowest BCUT2D eigenvalue weighted by atomic mass is 9.79. The summed E-state index contributed by atoms with van der Waals surface area (Å²) in [7, 11) is 0. The highest BCUT2D eigenvalue weighted by Gasteiger charge is 2.34. The zero-order valence-corrected chi connectivity index (χ0v) is 23.3. The van der Waals surface area contributed by atoms with E-state index in [2.05, 4.69) is 93.7 Å². The molecule has 1 heterocycles. The maximum atomic E-state index is 10.1. The number of halogens is 1. The van der Waals surface area contributed by atoms with Gasteiger partial charge in [-0.3, -0.25) is 0 Å². The van der Waals surface area contributed by atoms with Gasteiger partial charge in [0.25, 0.3) is 0 Å². The molecule has 1 aromatic heterocycles. The lowest BCUT2D eigenvalue weighted by molar-refractivity contribution is 0.281. The summed E-state index contributed by atoms with van der Waals surface area (Å²) < 4.78 is 2.91. The van der Waals surface area contributed by atoms with Gasteiger partial charge < -0.3 is 5.32 Å². The molecule has 3 atom stereocenters. The Hall–Kier alpha value is -3.53. The van der Waals surface area contributed by atoms with E-state index in [1.807, 2.05) is 50.2 Å². The van der Waals surface area contributed by atoms with E-state index in [0.717, 1.165) is 23.2 Å². The van der Waals surface area contributed by atoms with E-state index in [-0.39, 0.29) is 18.0 Å². The molecule has 0 bridgehead atoms. The minimum absolute atomic E-state index is 0.000807. The molecule has 0 aliphatic rings. The molecule has 7 heteroatoms. The van der Waals surface area contributed by atoms with Crippen molar-refractivity contribution in [2.75, 3.05) is 0 Å². The zero-order chi connectivity index (χ0) is 26.4. The van der Waals surface area contributed by atoms with E-state index in [1.165, 1.54) is 9.13 Å². The molecular formula is C30H29IN6. The van der Waals surface area contributed by atoms with Crippen LogP contribution in [0.4, 0.5) is 0 Å². The maximum Gasteiger partial charge on any atom is 0.0991 e. The van der Waals surface area contributed by atoms with Crippen molar-refractivity contribution in [2.45, 2.75) is 45.2 Å². The van der Waals surface area contributed by atoms with Crippen molar-refractivity contribution in [1.29, 1.82) is 10.5 Å². The molecule has 0 saturated heterocycles. The summed E-state index contributed by atoms with van der Waals surface area (Å²) in [5.74, 6) is 0.0869. The van der Waals surface area contributed by atoms with Crippen LogP contribution in [0.25, 0.3) is 5.69 Å². The first-order valence-electron chi connectivity index (χ1n) is 12.2. The monoisotopic (exact) mass is 600 g/mol. The number of rotatable bonds is 9. The largest absolute Gasteiger partial charge is 0.305 e. The second-order valence-electron chi connectivity index (χ2n) is 9.84. The molecule has 4 rings (SSSR count). The summed E-state index contributed by atoms with van der Waals surface area (Å²) in [4.78, 5) is 0. The quantitative estimate of drug-likeness (QED) is 0.227. The van der Waals surface area contributed by atoms with Gasteiger partial charge in [0, 0.05) is 15.5 Å². The maximum absolute atomic E-state index is 10.1. The van der Waals surface area contributed by atoms with Crippen LogP contribution in [-0.4, -0.2) is 21.0 Å². The van der Waals surface area contributed by atoms with Crippen LogP contribution in [0.2, 0.25) is 0 Å². The number of aromatic nitrogens is 3. The average Bonchev–Trinajstić information content (AvgIpc) is 3.46. The molecule has 1 unspecified atom stereocenters. The Bertz CT molecular complexity index is 1410. The van der Waals surface area contributed by atoms with E-state index < -0.39 is 5.41 Å². The second-order valence-corrected chi connectivity index (χ2v) is 11.1.